The van der Waals surface area contributed by atoms with Gasteiger partial charge in [0.05, 0.1) is 11.2 Å². The summed E-state index contributed by atoms with van der Waals surface area (Å²) in [4.78, 5) is 20.8. The van der Waals surface area contributed by atoms with Crippen molar-refractivity contribution in [2.45, 2.75) is 26.4 Å². The van der Waals surface area contributed by atoms with Crippen LogP contribution in [0.15, 0.2) is 29.8 Å². The number of thiazole rings is 1. The minimum absolute atomic E-state index is 0.291. The van der Waals surface area contributed by atoms with Crippen LogP contribution in [0.1, 0.15) is 27.0 Å². The molecule has 4 heterocycles. The average Bonchev–Trinajstić information content (AvgIpc) is 3.38. The number of halogens is 1. The minimum Gasteiger partial charge on any atom is -0.319 e. The van der Waals surface area contributed by atoms with Crippen molar-refractivity contribution in [1.82, 2.24) is 24.6 Å². The second-order valence-electron chi connectivity index (χ2n) is 7.79. The van der Waals surface area contributed by atoms with Crippen molar-refractivity contribution in [3.63, 3.8) is 0 Å². The zero-order valence-electron chi connectivity index (χ0n) is 16.0. The van der Waals surface area contributed by atoms with Gasteiger partial charge < -0.3 is 9.88 Å². The highest BCUT2D eigenvalue weighted by Gasteiger charge is 2.39. The Morgan fingerprint density at radius 3 is 2.93 bits per heavy atom. The van der Waals surface area contributed by atoms with E-state index in [1.165, 1.54) is 17.0 Å². The number of amides is 1. The maximum atomic E-state index is 13.4. The quantitative estimate of drug-likeness (QED) is 0.713. The number of nitrogens with zero attached hydrogens (tertiary/aromatic N) is 5. The standard InChI is InChI=1S/C20H21FN6OS/c1-12-17(29-11-22-12)10-26-7-13-5-18-24-25-19(27(18)9-14(13)8-26)20(28)23-16-4-2-3-15(21)6-16/h2-4,6,11,13-14H,5,7-10H2,1H3,(H,23,28). The highest BCUT2D eigenvalue weighted by atomic mass is 32.1. The lowest BCUT2D eigenvalue weighted by atomic mass is 9.89. The second kappa shape index (κ2) is 7.31. The number of rotatable bonds is 4. The maximum Gasteiger partial charge on any atom is 0.293 e. The number of carbonyl (C=O) groups excluding carboxylic acids is 1. The SMILES string of the molecule is Cc1ncsc1CN1CC2Cc3nnc(C(=O)Nc4cccc(F)c4)n3CC2C1. The Balaban J connectivity index is 1.29. The zero-order valence-corrected chi connectivity index (χ0v) is 16.8. The fourth-order valence-electron chi connectivity index (χ4n) is 4.35. The molecule has 2 aromatic heterocycles. The molecule has 29 heavy (non-hydrogen) atoms. The van der Waals surface area contributed by atoms with Gasteiger partial charge in [0.15, 0.2) is 0 Å². The van der Waals surface area contributed by atoms with E-state index in [4.69, 9.17) is 0 Å². The molecular weight excluding hydrogens is 391 g/mol. The summed E-state index contributed by atoms with van der Waals surface area (Å²) in [5.41, 5.74) is 3.42. The Kier molecular flexibility index (Phi) is 4.63. The third kappa shape index (κ3) is 3.56. The molecule has 1 saturated heterocycles. The topological polar surface area (TPSA) is 75.9 Å². The van der Waals surface area contributed by atoms with Crippen molar-refractivity contribution in [1.29, 1.82) is 0 Å². The molecule has 9 heteroatoms. The molecule has 1 fully saturated rings. The van der Waals surface area contributed by atoms with Crippen LogP contribution in [0.25, 0.3) is 0 Å². The highest BCUT2D eigenvalue weighted by molar-refractivity contribution is 7.09. The van der Waals surface area contributed by atoms with E-state index in [0.717, 1.165) is 44.1 Å². The van der Waals surface area contributed by atoms with Gasteiger partial charge in [-0.2, -0.15) is 0 Å². The largest absolute Gasteiger partial charge is 0.319 e. The number of fused-ring (bicyclic) bond motifs is 2. The van der Waals surface area contributed by atoms with Crippen LogP contribution in [0, 0.1) is 24.6 Å². The molecule has 2 aliphatic rings. The lowest BCUT2D eigenvalue weighted by molar-refractivity contribution is 0.100. The van der Waals surface area contributed by atoms with E-state index in [2.05, 4.69) is 32.3 Å². The van der Waals surface area contributed by atoms with Gasteiger partial charge in [-0.05, 0) is 37.0 Å². The van der Waals surface area contributed by atoms with Crippen molar-refractivity contribution in [2.24, 2.45) is 11.8 Å². The fourth-order valence-corrected chi connectivity index (χ4v) is 5.17. The molecule has 2 aliphatic heterocycles. The molecule has 5 rings (SSSR count). The summed E-state index contributed by atoms with van der Waals surface area (Å²) in [5.74, 6) is 1.39. The Labute approximate surface area is 171 Å². The van der Waals surface area contributed by atoms with Gasteiger partial charge >= 0.3 is 0 Å². The lowest BCUT2D eigenvalue weighted by Crippen LogP contribution is -2.31. The van der Waals surface area contributed by atoms with E-state index in [1.807, 2.05) is 10.1 Å². The Hall–Kier alpha value is -2.65. The molecular formula is C20H21FN6OS. The van der Waals surface area contributed by atoms with Crippen molar-refractivity contribution in [2.75, 3.05) is 18.4 Å². The molecule has 7 nitrogen and oxygen atoms in total. The summed E-state index contributed by atoms with van der Waals surface area (Å²) in [6.07, 6.45) is 0.823. The highest BCUT2D eigenvalue weighted by Crippen LogP contribution is 2.34. The summed E-state index contributed by atoms with van der Waals surface area (Å²) in [6.45, 7) is 5.73. The van der Waals surface area contributed by atoms with Crippen molar-refractivity contribution in [3.05, 3.63) is 57.8 Å². The molecule has 0 bridgehead atoms. The lowest BCUT2D eigenvalue weighted by Gasteiger charge is -2.25. The molecule has 1 aromatic carbocycles. The van der Waals surface area contributed by atoms with Crippen molar-refractivity contribution >= 4 is 22.9 Å². The Bertz CT molecular complexity index is 1060. The van der Waals surface area contributed by atoms with Crippen LogP contribution in [0.3, 0.4) is 0 Å². The van der Waals surface area contributed by atoms with Crippen molar-refractivity contribution in [3.8, 4) is 0 Å². The van der Waals surface area contributed by atoms with Crippen LogP contribution >= 0.6 is 11.3 Å². The van der Waals surface area contributed by atoms with Crippen LogP contribution in [0.4, 0.5) is 10.1 Å². The summed E-state index contributed by atoms with van der Waals surface area (Å²) in [6, 6.07) is 5.85. The molecule has 2 unspecified atom stereocenters. The maximum absolute atomic E-state index is 13.4. The number of anilines is 1. The van der Waals surface area contributed by atoms with E-state index < -0.39 is 5.82 Å². The first-order valence-electron chi connectivity index (χ1n) is 9.67. The van der Waals surface area contributed by atoms with Crippen LogP contribution in [-0.2, 0) is 19.5 Å². The van der Waals surface area contributed by atoms with Crippen LogP contribution < -0.4 is 5.32 Å². The average molecular weight is 412 g/mol. The summed E-state index contributed by atoms with van der Waals surface area (Å²) < 4.78 is 15.3. The zero-order chi connectivity index (χ0) is 20.0. The summed E-state index contributed by atoms with van der Waals surface area (Å²) in [5, 5.41) is 11.1. The van der Waals surface area contributed by atoms with E-state index in [-0.39, 0.29) is 5.91 Å². The molecule has 150 valence electrons. The monoisotopic (exact) mass is 412 g/mol. The van der Waals surface area contributed by atoms with Gasteiger partial charge in [0.25, 0.3) is 5.91 Å². The number of benzene rings is 1. The molecule has 2 atom stereocenters. The molecule has 3 aromatic rings. The Morgan fingerprint density at radius 2 is 2.14 bits per heavy atom. The number of nitrogens with one attached hydrogen (secondary N) is 1. The number of aromatic nitrogens is 4. The van der Waals surface area contributed by atoms with Gasteiger partial charge in [-0.1, -0.05) is 6.07 Å². The number of likely N-dealkylation sites (tertiary alicyclic amines) is 1. The van der Waals surface area contributed by atoms with Gasteiger partial charge in [-0.25, -0.2) is 9.37 Å². The van der Waals surface area contributed by atoms with Crippen LogP contribution in [-0.4, -0.2) is 43.6 Å². The first kappa shape index (κ1) is 18.4. The third-order valence-electron chi connectivity index (χ3n) is 5.84. The van der Waals surface area contributed by atoms with E-state index in [0.29, 0.717) is 23.3 Å². The van der Waals surface area contributed by atoms with E-state index in [1.54, 1.807) is 23.5 Å². The van der Waals surface area contributed by atoms with Crippen molar-refractivity contribution < 1.29 is 9.18 Å². The third-order valence-corrected chi connectivity index (χ3v) is 6.76. The number of aryl methyl sites for hydroxylation is 1. The summed E-state index contributed by atoms with van der Waals surface area (Å²) in [7, 11) is 0. The predicted molar refractivity (Wildman–Crippen MR) is 107 cm³/mol. The number of hydrogen-bond donors (Lipinski definition) is 1. The fraction of sp³-hybridized carbons (Fsp3) is 0.400. The normalized spacial score (nSPS) is 21.0. The van der Waals surface area contributed by atoms with E-state index >= 15 is 0 Å². The number of carbonyl (C=O) groups is 1. The van der Waals surface area contributed by atoms with Gasteiger partial charge in [-0.15, -0.1) is 21.5 Å². The smallest absolute Gasteiger partial charge is 0.293 e. The van der Waals surface area contributed by atoms with Gasteiger partial charge in [0, 0.05) is 43.2 Å². The summed E-state index contributed by atoms with van der Waals surface area (Å²) >= 11 is 1.71. The molecule has 0 saturated carbocycles. The van der Waals surface area contributed by atoms with Crippen LogP contribution in [0.2, 0.25) is 0 Å². The number of hydrogen-bond acceptors (Lipinski definition) is 6. The van der Waals surface area contributed by atoms with Gasteiger partial charge in [0.1, 0.15) is 11.6 Å². The van der Waals surface area contributed by atoms with Gasteiger partial charge in [0.2, 0.25) is 5.82 Å². The molecule has 1 amide bonds. The van der Waals surface area contributed by atoms with E-state index in [9.17, 15) is 9.18 Å². The molecule has 0 radical (unpaired) electrons. The molecule has 0 spiro atoms. The first-order chi connectivity index (χ1) is 14.1. The Morgan fingerprint density at radius 1 is 1.28 bits per heavy atom. The second-order valence-corrected chi connectivity index (χ2v) is 8.73. The van der Waals surface area contributed by atoms with Crippen LogP contribution in [0.5, 0.6) is 0 Å². The first-order valence-corrected chi connectivity index (χ1v) is 10.5. The predicted octanol–water partition coefficient (Wildman–Crippen LogP) is 2.74. The minimum atomic E-state index is -0.392. The molecule has 0 aliphatic carbocycles. The molecule has 1 N–H and O–H groups in total. The van der Waals surface area contributed by atoms with Gasteiger partial charge in [-0.3, -0.25) is 9.69 Å².